The maximum absolute atomic E-state index is 9.42. The van der Waals surface area contributed by atoms with Crippen molar-refractivity contribution < 1.29 is 5.11 Å². The minimum Gasteiger partial charge on any atom is -0.392 e. The van der Waals surface area contributed by atoms with E-state index in [0.29, 0.717) is 0 Å². The van der Waals surface area contributed by atoms with Crippen molar-refractivity contribution >= 4 is 11.8 Å². The van der Waals surface area contributed by atoms with E-state index >= 15 is 0 Å². The Bertz CT molecular complexity index is 310. The van der Waals surface area contributed by atoms with Crippen molar-refractivity contribution in [2.24, 2.45) is 5.73 Å². The Kier molecular flexibility index (Phi) is 5.32. The van der Waals surface area contributed by atoms with Crippen molar-refractivity contribution in [2.45, 2.75) is 49.5 Å². The van der Waals surface area contributed by atoms with Gasteiger partial charge in [-0.3, -0.25) is 0 Å². The summed E-state index contributed by atoms with van der Waals surface area (Å²) in [5.41, 5.74) is 7.12. The van der Waals surface area contributed by atoms with E-state index in [0.717, 1.165) is 6.42 Å². The summed E-state index contributed by atoms with van der Waals surface area (Å²) in [7, 11) is 0. The Balaban J connectivity index is 2.64. The highest BCUT2D eigenvalue weighted by Crippen LogP contribution is 2.26. The van der Waals surface area contributed by atoms with E-state index in [1.807, 2.05) is 13.8 Å². The average Bonchev–Trinajstić information content (AvgIpc) is 2.28. The zero-order chi connectivity index (χ0) is 12.1. The third kappa shape index (κ3) is 3.81. The molecule has 0 aromatic heterocycles. The molecule has 16 heavy (non-hydrogen) atoms. The molecule has 0 aliphatic carbocycles. The van der Waals surface area contributed by atoms with E-state index in [1.165, 1.54) is 10.5 Å². The summed E-state index contributed by atoms with van der Waals surface area (Å²) in [6.45, 7) is 5.93. The highest BCUT2D eigenvalue weighted by atomic mass is 32.2. The van der Waals surface area contributed by atoms with Gasteiger partial charge in [-0.2, -0.15) is 0 Å². The fraction of sp³-hybridized carbons (Fsp3) is 0.538. The number of aliphatic hydroxyl groups excluding tert-OH is 1. The van der Waals surface area contributed by atoms with Gasteiger partial charge in [0, 0.05) is 16.2 Å². The van der Waals surface area contributed by atoms with Crippen LogP contribution in [0.2, 0.25) is 0 Å². The summed E-state index contributed by atoms with van der Waals surface area (Å²) in [6, 6.07) is 8.44. The van der Waals surface area contributed by atoms with E-state index in [1.54, 1.807) is 11.8 Å². The van der Waals surface area contributed by atoms with Gasteiger partial charge in [-0.1, -0.05) is 26.0 Å². The molecule has 90 valence electrons. The fourth-order valence-electron chi connectivity index (χ4n) is 1.34. The zero-order valence-corrected chi connectivity index (χ0v) is 11.0. The van der Waals surface area contributed by atoms with E-state index in [9.17, 15) is 5.11 Å². The first-order chi connectivity index (χ1) is 7.54. The van der Waals surface area contributed by atoms with Crippen molar-refractivity contribution in [3.63, 3.8) is 0 Å². The minimum absolute atomic E-state index is 0.133. The highest BCUT2D eigenvalue weighted by Gasteiger charge is 2.10. The second kappa shape index (κ2) is 6.28. The van der Waals surface area contributed by atoms with E-state index in [2.05, 4.69) is 31.2 Å². The monoisotopic (exact) mass is 239 g/mol. The lowest BCUT2D eigenvalue weighted by Gasteiger charge is -2.15. The summed E-state index contributed by atoms with van der Waals surface area (Å²) in [6.07, 6.45) is 0.666. The molecule has 0 radical (unpaired) electrons. The normalized spacial score (nSPS) is 16.8. The molecule has 0 bridgehead atoms. The lowest BCUT2D eigenvalue weighted by atomic mass is 10.1. The standard InChI is InChI=1S/C13H21NOS/c1-4-13(14)11-5-7-12(8-6-11)16-10(3)9(2)15/h5-10,13,15H,4,14H2,1-3H3. The van der Waals surface area contributed by atoms with Crippen LogP contribution >= 0.6 is 11.8 Å². The molecule has 0 heterocycles. The molecule has 3 N–H and O–H groups in total. The lowest BCUT2D eigenvalue weighted by molar-refractivity contribution is 0.196. The molecule has 1 aromatic carbocycles. The second-order valence-corrected chi connectivity index (χ2v) is 5.60. The summed E-state index contributed by atoms with van der Waals surface area (Å²) >= 11 is 1.69. The van der Waals surface area contributed by atoms with Crippen LogP contribution in [0.15, 0.2) is 29.2 Å². The van der Waals surface area contributed by atoms with Crippen LogP contribution in [0.5, 0.6) is 0 Å². The van der Waals surface area contributed by atoms with Crippen LogP contribution in [0, 0.1) is 0 Å². The fourth-order valence-corrected chi connectivity index (χ4v) is 2.26. The summed E-state index contributed by atoms with van der Waals surface area (Å²) in [5, 5.41) is 9.64. The molecular weight excluding hydrogens is 218 g/mol. The maximum atomic E-state index is 9.42. The molecule has 0 spiro atoms. The van der Waals surface area contributed by atoms with Crippen molar-refractivity contribution in [1.29, 1.82) is 0 Å². The van der Waals surface area contributed by atoms with Crippen molar-refractivity contribution in [2.75, 3.05) is 0 Å². The van der Waals surface area contributed by atoms with Gasteiger partial charge < -0.3 is 10.8 Å². The van der Waals surface area contributed by atoms with E-state index < -0.39 is 0 Å². The predicted octanol–water partition coefficient (Wildman–Crippen LogP) is 2.96. The number of rotatable bonds is 5. The average molecular weight is 239 g/mol. The molecule has 0 amide bonds. The third-order valence-electron chi connectivity index (χ3n) is 2.75. The molecule has 2 nitrogen and oxygen atoms in total. The Morgan fingerprint density at radius 3 is 2.25 bits per heavy atom. The van der Waals surface area contributed by atoms with Gasteiger partial charge in [0.1, 0.15) is 0 Å². The van der Waals surface area contributed by atoms with Crippen LogP contribution < -0.4 is 5.73 Å². The molecule has 1 aromatic rings. The topological polar surface area (TPSA) is 46.2 Å². The molecule has 0 fully saturated rings. The quantitative estimate of drug-likeness (QED) is 0.777. The summed E-state index contributed by atoms with van der Waals surface area (Å²) in [4.78, 5) is 1.18. The molecule has 3 atom stereocenters. The first-order valence-corrected chi connectivity index (χ1v) is 6.62. The molecular formula is C13H21NOS. The SMILES string of the molecule is CCC(N)c1ccc(SC(C)C(C)O)cc1. The molecule has 0 saturated carbocycles. The molecule has 0 aliphatic rings. The number of aliphatic hydroxyl groups is 1. The maximum Gasteiger partial charge on any atom is 0.0631 e. The van der Waals surface area contributed by atoms with Crippen LogP contribution in [0.3, 0.4) is 0 Å². The molecule has 3 unspecified atom stereocenters. The molecule has 1 rings (SSSR count). The lowest BCUT2D eigenvalue weighted by Crippen LogP contribution is -2.14. The van der Waals surface area contributed by atoms with Gasteiger partial charge in [0.05, 0.1) is 6.10 Å². The van der Waals surface area contributed by atoms with Crippen LogP contribution in [-0.2, 0) is 0 Å². The van der Waals surface area contributed by atoms with E-state index in [4.69, 9.17) is 5.73 Å². The van der Waals surface area contributed by atoms with Gasteiger partial charge in [0.15, 0.2) is 0 Å². The van der Waals surface area contributed by atoms with Gasteiger partial charge in [-0.15, -0.1) is 11.8 Å². The Morgan fingerprint density at radius 2 is 1.81 bits per heavy atom. The van der Waals surface area contributed by atoms with Gasteiger partial charge in [-0.25, -0.2) is 0 Å². The zero-order valence-electron chi connectivity index (χ0n) is 10.2. The number of benzene rings is 1. The second-order valence-electron chi connectivity index (χ2n) is 4.15. The minimum atomic E-state index is -0.289. The van der Waals surface area contributed by atoms with Crippen molar-refractivity contribution in [3.05, 3.63) is 29.8 Å². The first kappa shape index (κ1) is 13.6. The molecule has 0 saturated heterocycles. The van der Waals surface area contributed by atoms with Crippen LogP contribution in [-0.4, -0.2) is 16.5 Å². The Labute approximate surface area is 102 Å². The third-order valence-corrected chi connectivity index (χ3v) is 4.06. The van der Waals surface area contributed by atoms with Gasteiger partial charge in [0.2, 0.25) is 0 Å². The van der Waals surface area contributed by atoms with Gasteiger partial charge in [-0.05, 0) is 31.0 Å². The van der Waals surface area contributed by atoms with Crippen molar-refractivity contribution in [3.8, 4) is 0 Å². The van der Waals surface area contributed by atoms with Gasteiger partial charge in [0.25, 0.3) is 0 Å². The molecule has 3 heteroatoms. The van der Waals surface area contributed by atoms with Crippen LogP contribution in [0.4, 0.5) is 0 Å². The first-order valence-electron chi connectivity index (χ1n) is 5.74. The largest absolute Gasteiger partial charge is 0.392 e. The van der Waals surface area contributed by atoms with Crippen LogP contribution in [0.1, 0.15) is 38.8 Å². The summed E-state index contributed by atoms with van der Waals surface area (Å²) < 4.78 is 0. The van der Waals surface area contributed by atoms with Crippen molar-refractivity contribution in [1.82, 2.24) is 0 Å². The van der Waals surface area contributed by atoms with Gasteiger partial charge >= 0.3 is 0 Å². The number of hydrogen-bond acceptors (Lipinski definition) is 3. The number of thioether (sulfide) groups is 1. The number of nitrogens with two attached hydrogens (primary N) is 1. The summed E-state index contributed by atoms with van der Waals surface area (Å²) in [5.74, 6) is 0. The van der Waals surface area contributed by atoms with E-state index in [-0.39, 0.29) is 17.4 Å². The Morgan fingerprint density at radius 1 is 1.25 bits per heavy atom. The number of hydrogen-bond donors (Lipinski definition) is 2. The highest BCUT2D eigenvalue weighted by molar-refractivity contribution is 8.00. The smallest absolute Gasteiger partial charge is 0.0631 e. The Hall–Kier alpha value is -0.510. The molecule has 0 aliphatic heterocycles. The predicted molar refractivity (Wildman–Crippen MR) is 70.7 cm³/mol. The van der Waals surface area contributed by atoms with Crippen LogP contribution in [0.25, 0.3) is 0 Å².